The minimum Gasteiger partial charge on any atom is -0.366 e. The molecule has 1 aromatic heterocycles. The van der Waals surface area contributed by atoms with Crippen molar-refractivity contribution >= 4 is 17.2 Å². The van der Waals surface area contributed by atoms with Crippen LogP contribution >= 0.6 is 11.3 Å². The lowest BCUT2D eigenvalue weighted by atomic mass is 10.2. The second-order valence-corrected chi connectivity index (χ2v) is 6.08. The van der Waals surface area contributed by atoms with Gasteiger partial charge in [0.05, 0.1) is 12.3 Å². The van der Waals surface area contributed by atoms with Crippen LogP contribution in [-0.2, 0) is 16.1 Å². The highest BCUT2D eigenvalue weighted by Gasteiger charge is 2.26. The Kier molecular flexibility index (Phi) is 4.82. The number of nitrogens with zero attached hydrogens (tertiary/aromatic N) is 2. The Morgan fingerprint density at radius 1 is 1.45 bits per heavy atom. The SMILES string of the molecule is CNC(=O)C1CN(Cc2csc(-c3ccccc3)n2)CCO1. The summed E-state index contributed by atoms with van der Waals surface area (Å²) in [5, 5.41) is 5.76. The highest BCUT2D eigenvalue weighted by Crippen LogP contribution is 2.24. The molecule has 0 radical (unpaired) electrons. The molecule has 22 heavy (non-hydrogen) atoms. The molecule has 1 amide bonds. The molecule has 0 saturated carbocycles. The molecule has 1 aromatic carbocycles. The third-order valence-electron chi connectivity index (χ3n) is 3.65. The van der Waals surface area contributed by atoms with Crippen molar-refractivity contribution in [2.45, 2.75) is 12.6 Å². The lowest BCUT2D eigenvalue weighted by Gasteiger charge is -2.31. The molecule has 1 aliphatic rings. The normalized spacial score (nSPS) is 19.0. The van der Waals surface area contributed by atoms with Crippen LogP contribution < -0.4 is 5.32 Å². The van der Waals surface area contributed by atoms with E-state index in [1.165, 1.54) is 0 Å². The van der Waals surface area contributed by atoms with Crippen molar-refractivity contribution in [1.29, 1.82) is 0 Å². The predicted molar refractivity (Wildman–Crippen MR) is 86.6 cm³/mol. The Morgan fingerprint density at radius 2 is 2.27 bits per heavy atom. The maximum absolute atomic E-state index is 11.7. The van der Waals surface area contributed by atoms with Crippen LogP contribution in [0.15, 0.2) is 35.7 Å². The number of thiazole rings is 1. The first kappa shape index (κ1) is 15.1. The second kappa shape index (κ2) is 7.00. The molecule has 0 bridgehead atoms. The van der Waals surface area contributed by atoms with Gasteiger partial charge in [-0.2, -0.15) is 0 Å². The van der Waals surface area contributed by atoms with Gasteiger partial charge in [-0.3, -0.25) is 9.69 Å². The van der Waals surface area contributed by atoms with Crippen LogP contribution in [0.3, 0.4) is 0 Å². The molecule has 2 heterocycles. The fraction of sp³-hybridized carbons (Fsp3) is 0.375. The number of carbonyl (C=O) groups is 1. The first-order valence-electron chi connectivity index (χ1n) is 7.31. The van der Waals surface area contributed by atoms with E-state index in [4.69, 9.17) is 9.72 Å². The van der Waals surface area contributed by atoms with Gasteiger partial charge in [-0.25, -0.2) is 4.98 Å². The van der Waals surface area contributed by atoms with Crippen LogP contribution in [0.2, 0.25) is 0 Å². The van der Waals surface area contributed by atoms with Crippen molar-refractivity contribution in [3.8, 4) is 10.6 Å². The zero-order chi connectivity index (χ0) is 15.4. The number of rotatable bonds is 4. The number of amides is 1. The van der Waals surface area contributed by atoms with Crippen LogP contribution in [0.25, 0.3) is 10.6 Å². The van der Waals surface area contributed by atoms with Gasteiger partial charge in [-0.15, -0.1) is 11.3 Å². The zero-order valence-electron chi connectivity index (χ0n) is 12.5. The molecule has 0 spiro atoms. The van der Waals surface area contributed by atoms with Crippen molar-refractivity contribution in [2.75, 3.05) is 26.7 Å². The Morgan fingerprint density at radius 3 is 3.05 bits per heavy atom. The summed E-state index contributed by atoms with van der Waals surface area (Å²) >= 11 is 1.65. The van der Waals surface area contributed by atoms with Crippen LogP contribution in [0.4, 0.5) is 0 Å². The van der Waals surface area contributed by atoms with Crippen LogP contribution in [0.1, 0.15) is 5.69 Å². The quantitative estimate of drug-likeness (QED) is 0.933. The van der Waals surface area contributed by atoms with Gasteiger partial charge >= 0.3 is 0 Å². The zero-order valence-corrected chi connectivity index (χ0v) is 13.3. The minimum absolute atomic E-state index is 0.0621. The van der Waals surface area contributed by atoms with Gasteiger partial charge in [0, 0.05) is 37.6 Å². The molecule has 116 valence electrons. The Balaban J connectivity index is 1.64. The fourth-order valence-corrected chi connectivity index (χ4v) is 3.30. The van der Waals surface area contributed by atoms with Crippen LogP contribution in [-0.4, -0.2) is 48.6 Å². The van der Waals surface area contributed by atoms with Gasteiger partial charge in [0.15, 0.2) is 0 Å². The molecule has 3 rings (SSSR count). The summed E-state index contributed by atoms with van der Waals surface area (Å²) in [6.45, 7) is 2.76. The molecule has 2 aromatic rings. The largest absolute Gasteiger partial charge is 0.366 e. The molecule has 1 saturated heterocycles. The molecular weight excluding hydrogens is 298 g/mol. The number of hydrogen-bond acceptors (Lipinski definition) is 5. The van der Waals surface area contributed by atoms with Gasteiger partial charge in [0.1, 0.15) is 11.1 Å². The summed E-state index contributed by atoms with van der Waals surface area (Å²) in [6.07, 6.45) is -0.383. The minimum atomic E-state index is -0.383. The van der Waals surface area contributed by atoms with Crippen molar-refractivity contribution in [3.05, 3.63) is 41.4 Å². The standard InChI is InChI=1S/C16H19N3O2S/c1-17-15(20)14-10-19(7-8-21-14)9-13-11-22-16(18-13)12-5-3-2-4-6-12/h2-6,11,14H,7-10H2,1H3,(H,17,20). The average molecular weight is 317 g/mol. The van der Waals surface area contributed by atoms with Gasteiger partial charge < -0.3 is 10.1 Å². The molecule has 1 N–H and O–H groups in total. The average Bonchev–Trinajstić information content (AvgIpc) is 3.03. The van der Waals surface area contributed by atoms with E-state index in [1.54, 1.807) is 18.4 Å². The first-order valence-corrected chi connectivity index (χ1v) is 8.19. The number of benzene rings is 1. The summed E-state index contributed by atoms with van der Waals surface area (Å²) in [7, 11) is 1.64. The summed E-state index contributed by atoms with van der Waals surface area (Å²) in [5.74, 6) is -0.0621. The molecule has 1 fully saturated rings. The van der Waals surface area contributed by atoms with Crippen LogP contribution in [0, 0.1) is 0 Å². The summed E-state index contributed by atoms with van der Waals surface area (Å²) < 4.78 is 5.50. The van der Waals surface area contributed by atoms with E-state index in [0.717, 1.165) is 29.4 Å². The van der Waals surface area contributed by atoms with Gasteiger partial charge in [0.2, 0.25) is 5.91 Å². The molecule has 1 aliphatic heterocycles. The van der Waals surface area contributed by atoms with Crippen molar-refractivity contribution in [2.24, 2.45) is 0 Å². The van der Waals surface area contributed by atoms with E-state index in [0.29, 0.717) is 13.2 Å². The van der Waals surface area contributed by atoms with E-state index in [9.17, 15) is 4.79 Å². The Labute approximate surface area is 133 Å². The fourth-order valence-electron chi connectivity index (χ4n) is 2.49. The van der Waals surface area contributed by atoms with E-state index >= 15 is 0 Å². The predicted octanol–water partition coefficient (Wildman–Crippen LogP) is 1.76. The number of nitrogens with one attached hydrogen (secondary N) is 1. The van der Waals surface area contributed by atoms with E-state index in [2.05, 4.69) is 27.7 Å². The molecule has 1 unspecified atom stereocenters. The number of likely N-dealkylation sites (N-methyl/N-ethyl adjacent to an activating group) is 1. The van der Waals surface area contributed by atoms with Gasteiger partial charge in [0.25, 0.3) is 0 Å². The second-order valence-electron chi connectivity index (χ2n) is 5.22. The molecular formula is C16H19N3O2S. The lowest BCUT2D eigenvalue weighted by Crippen LogP contribution is -2.48. The maximum atomic E-state index is 11.7. The number of aromatic nitrogens is 1. The molecule has 0 aliphatic carbocycles. The third-order valence-corrected chi connectivity index (χ3v) is 4.59. The highest BCUT2D eigenvalue weighted by atomic mass is 32.1. The topological polar surface area (TPSA) is 54.5 Å². The number of ether oxygens (including phenoxy) is 1. The maximum Gasteiger partial charge on any atom is 0.250 e. The van der Waals surface area contributed by atoms with Crippen molar-refractivity contribution in [1.82, 2.24) is 15.2 Å². The molecule has 6 heteroatoms. The molecule has 1 atom stereocenters. The highest BCUT2D eigenvalue weighted by molar-refractivity contribution is 7.13. The summed E-state index contributed by atoms with van der Waals surface area (Å²) in [4.78, 5) is 18.6. The molecule has 5 nitrogen and oxygen atoms in total. The van der Waals surface area contributed by atoms with Crippen molar-refractivity contribution in [3.63, 3.8) is 0 Å². The first-order chi connectivity index (χ1) is 10.8. The van der Waals surface area contributed by atoms with Gasteiger partial charge in [-0.05, 0) is 0 Å². The smallest absolute Gasteiger partial charge is 0.250 e. The van der Waals surface area contributed by atoms with Crippen molar-refractivity contribution < 1.29 is 9.53 Å². The van der Waals surface area contributed by atoms with Gasteiger partial charge in [-0.1, -0.05) is 30.3 Å². The summed E-state index contributed by atoms with van der Waals surface area (Å²) in [6, 6.07) is 10.2. The van der Waals surface area contributed by atoms with Crippen LogP contribution in [0.5, 0.6) is 0 Å². The van der Waals surface area contributed by atoms with E-state index < -0.39 is 0 Å². The number of hydrogen-bond donors (Lipinski definition) is 1. The monoisotopic (exact) mass is 317 g/mol. The third kappa shape index (κ3) is 3.52. The van der Waals surface area contributed by atoms with E-state index in [1.807, 2.05) is 18.2 Å². The lowest BCUT2D eigenvalue weighted by molar-refractivity contribution is -0.138. The number of morpholine rings is 1. The number of carbonyl (C=O) groups excluding carboxylic acids is 1. The Hall–Kier alpha value is -1.76. The summed E-state index contributed by atoms with van der Waals surface area (Å²) in [5.41, 5.74) is 2.19. The Bertz CT molecular complexity index is 629. The van der Waals surface area contributed by atoms with E-state index in [-0.39, 0.29) is 12.0 Å².